The first kappa shape index (κ1) is 12.4. The lowest BCUT2D eigenvalue weighted by Crippen LogP contribution is -2.41. The second-order valence-corrected chi connectivity index (χ2v) is 4.84. The largest absolute Gasteiger partial charge is 0.355 e. The number of hydrogen-bond donors (Lipinski definition) is 0. The Balaban J connectivity index is 3.02. The van der Waals surface area contributed by atoms with Crippen LogP contribution in [-0.4, -0.2) is 26.3 Å². The molecule has 0 spiro atoms. The summed E-state index contributed by atoms with van der Waals surface area (Å²) >= 11 is 0. The molecule has 0 amide bonds. The van der Waals surface area contributed by atoms with Crippen LogP contribution in [0.1, 0.15) is 27.2 Å². The molecule has 0 aromatic carbocycles. The zero-order valence-corrected chi connectivity index (χ0v) is 10.2. The molecule has 3 heteroatoms. The molecule has 0 N–H and O–H groups in total. The Bertz CT molecular complexity index is 275. The zero-order chi connectivity index (χ0) is 11.6. The quantitative estimate of drug-likeness (QED) is 0.672. The van der Waals surface area contributed by atoms with E-state index in [1.54, 1.807) is 20.3 Å². The van der Waals surface area contributed by atoms with Gasteiger partial charge >= 0.3 is 0 Å². The molecule has 1 atom stereocenters. The third-order valence-corrected chi connectivity index (χ3v) is 3.09. The number of methoxy groups -OCH3 is 2. The molecular weight excluding hydrogens is 192 g/mol. The number of allylic oxidation sites excluding steroid dienone is 1. The van der Waals surface area contributed by atoms with Gasteiger partial charge in [0.25, 0.3) is 0 Å². The second kappa shape index (κ2) is 4.45. The van der Waals surface area contributed by atoms with Gasteiger partial charge in [0.05, 0.1) is 0 Å². The van der Waals surface area contributed by atoms with Gasteiger partial charge in [-0.2, -0.15) is 0 Å². The lowest BCUT2D eigenvalue weighted by atomic mass is 9.68. The molecule has 86 valence electrons. The molecule has 0 aliphatic heterocycles. The van der Waals surface area contributed by atoms with Gasteiger partial charge in [-0.25, -0.2) is 0 Å². The number of ether oxygens (including phenoxy) is 2. The summed E-state index contributed by atoms with van der Waals surface area (Å²) in [4.78, 5) is 11.5. The standard InChI is InChI=1S/C12H20O3/c1-8-6-9(13)7-12(2,3)10(8)11(14-4)15-5/h6,10-11H,7H2,1-5H3. The van der Waals surface area contributed by atoms with Crippen molar-refractivity contribution in [1.82, 2.24) is 0 Å². The van der Waals surface area contributed by atoms with E-state index in [9.17, 15) is 4.79 Å². The van der Waals surface area contributed by atoms with E-state index in [4.69, 9.17) is 9.47 Å². The van der Waals surface area contributed by atoms with Gasteiger partial charge in [0.15, 0.2) is 12.1 Å². The van der Waals surface area contributed by atoms with Crippen molar-refractivity contribution in [1.29, 1.82) is 0 Å². The SMILES string of the molecule is COC(OC)C1C(C)=CC(=O)CC1(C)C. The predicted molar refractivity (Wildman–Crippen MR) is 58.5 cm³/mol. The van der Waals surface area contributed by atoms with E-state index in [2.05, 4.69) is 13.8 Å². The fraction of sp³-hybridized carbons (Fsp3) is 0.750. The Morgan fingerprint density at radius 1 is 1.40 bits per heavy atom. The average Bonchev–Trinajstić information content (AvgIpc) is 2.09. The highest BCUT2D eigenvalue weighted by Gasteiger charge is 2.41. The van der Waals surface area contributed by atoms with E-state index in [1.165, 1.54) is 0 Å². The third-order valence-electron chi connectivity index (χ3n) is 3.09. The number of rotatable bonds is 3. The molecule has 3 nitrogen and oxygen atoms in total. The van der Waals surface area contributed by atoms with Gasteiger partial charge in [-0.3, -0.25) is 4.79 Å². The number of ketones is 1. The van der Waals surface area contributed by atoms with Gasteiger partial charge in [0.1, 0.15) is 0 Å². The van der Waals surface area contributed by atoms with Crippen LogP contribution in [0.2, 0.25) is 0 Å². The van der Waals surface area contributed by atoms with Crippen LogP contribution in [-0.2, 0) is 14.3 Å². The molecule has 15 heavy (non-hydrogen) atoms. The van der Waals surface area contributed by atoms with Gasteiger partial charge in [0.2, 0.25) is 0 Å². The highest BCUT2D eigenvalue weighted by Crippen LogP contribution is 2.42. The maximum absolute atomic E-state index is 11.5. The molecule has 0 aromatic rings. The normalized spacial score (nSPS) is 25.6. The lowest BCUT2D eigenvalue weighted by Gasteiger charge is -2.40. The third kappa shape index (κ3) is 2.47. The minimum atomic E-state index is -0.274. The van der Waals surface area contributed by atoms with Crippen LogP contribution in [0.15, 0.2) is 11.6 Å². The van der Waals surface area contributed by atoms with Crippen LogP contribution in [0.4, 0.5) is 0 Å². The summed E-state index contributed by atoms with van der Waals surface area (Å²) in [6.45, 7) is 6.13. The van der Waals surface area contributed by atoms with Gasteiger partial charge in [0, 0.05) is 26.6 Å². The molecule has 0 radical (unpaired) electrons. The minimum absolute atomic E-state index is 0.105. The molecular formula is C12H20O3. The maximum Gasteiger partial charge on any atom is 0.163 e. The van der Waals surface area contributed by atoms with Crippen LogP contribution in [0.25, 0.3) is 0 Å². The van der Waals surface area contributed by atoms with Crippen LogP contribution in [0, 0.1) is 11.3 Å². The Labute approximate surface area is 91.4 Å². The number of carbonyl (C=O) groups excluding carboxylic acids is 1. The van der Waals surface area contributed by atoms with Crippen LogP contribution < -0.4 is 0 Å². The second-order valence-electron chi connectivity index (χ2n) is 4.84. The summed E-state index contributed by atoms with van der Waals surface area (Å²) in [6.07, 6.45) is 1.99. The fourth-order valence-corrected chi connectivity index (χ4v) is 2.52. The zero-order valence-electron chi connectivity index (χ0n) is 10.2. The minimum Gasteiger partial charge on any atom is -0.355 e. The highest BCUT2D eigenvalue weighted by atomic mass is 16.7. The fourth-order valence-electron chi connectivity index (χ4n) is 2.52. The Hall–Kier alpha value is -0.670. The topological polar surface area (TPSA) is 35.5 Å². The summed E-state index contributed by atoms with van der Waals surface area (Å²) in [7, 11) is 3.27. The maximum atomic E-state index is 11.5. The monoisotopic (exact) mass is 212 g/mol. The van der Waals surface area contributed by atoms with E-state index in [0.29, 0.717) is 6.42 Å². The Morgan fingerprint density at radius 2 is 1.93 bits per heavy atom. The smallest absolute Gasteiger partial charge is 0.163 e. The molecule has 1 aliphatic carbocycles. The molecule has 1 aliphatic rings. The number of carbonyl (C=O) groups is 1. The van der Waals surface area contributed by atoms with E-state index >= 15 is 0 Å². The van der Waals surface area contributed by atoms with Gasteiger partial charge < -0.3 is 9.47 Å². The molecule has 0 saturated heterocycles. The van der Waals surface area contributed by atoms with Gasteiger partial charge in [-0.05, 0) is 18.4 Å². The average molecular weight is 212 g/mol. The Kier molecular flexibility index (Phi) is 3.68. The van der Waals surface area contributed by atoms with E-state index in [0.717, 1.165) is 5.57 Å². The summed E-state index contributed by atoms with van der Waals surface area (Å²) in [5.41, 5.74) is 0.942. The first-order chi connectivity index (χ1) is 6.92. The van der Waals surface area contributed by atoms with Crippen molar-refractivity contribution < 1.29 is 14.3 Å². The van der Waals surface area contributed by atoms with Crippen LogP contribution in [0.3, 0.4) is 0 Å². The molecule has 0 saturated carbocycles. The summed E-state index contributed by atoms with van der Waals surface area (Å²) in [5.74, 6) is 0.338. The van der Waals surface area contributed by atoms with Crippen LogP contribution in [0.5, 0.6) is 0 Å². The molecule has 0 heterocycles. The molecule has 0 bridgehead atoms. The van der Waals surface area contributed by atoms with E-state index in [1.807, 2.05) is 6.92 Å². The van der Waals surface area contributed by atoms with E-state index in [-0.39, 0.29) is 23.4 Å². The molecule has 1 unspecified atom stereocenters. The van der Waals surface area contributed by atoms with Crippen molar-refractivity contribution in [2.75, 3.05) is 14.2 Å². The van der Waals surface area contributed by atoms with Gasteiger partial charge in [-0.1, -0.05) is 19.4 Å². The van der Waals surface area contributed by atoms with Crippen molar-refractivity contribution >= 4 is 5.78 Å². The van der Waals surface area contributed by atoms with Gasteiger partial charge in [-0.15, -0.1) is 0 Å². The number of hydrogen-bond acceptors (Lipinski definition) is 3. The van der Waals surface area contributed by atoms with Crippen molar-refractivity contribution in [3.63, 3.8) is 0 Å². The Morgan fingerprint density at radius 3 is 2.33 bits per heavy atom. The summed E-state index contributed by atoms with van der Waals surface area (Å²) in [5, 5.41) is 0. The highest BCUT2D eigenvalue weighted by molar-refractivity contribution is 5.92. The lowest BCUT2D eigenvalue weighted by molar-refractivity contribution is -0.156. The van der Waals surface area contributed by atoms with Crippen molar-refractivity contribution in [2.24, 2.45) is 11.3 Å². The predicted octanol–water partition coefficient (Wildman–Crippen LogP) is 2.17. The summed E-state index contributed by atoms with van der Waals surface area (Å²) in [6, 6.07) is 0. The van der Waals surface area contributed by atoms with Crippen molar-refractivity contribution in [3.8, 4) is 0 Å². The van der Waals surface area contributed by atoms with Crippen LogP contribution >= 0.6 is 0 Å². The molecule has 1 rings (SSSR count). The molecule has 0 fully saturated rings. The van der Waals surface area contributed by atoms with E-state index < -0.39 is 0 Å². The van der Waals surface area contributed by atoms with Crippen molar-refractivity contribution in [3.05, 3.63) is 11.6 Å². The summed E-state index contributed by atoms with van der Waals surface area (Å²) < 4.78 is 10.6. The first-order valence-electron chi connectivity index (χ1n) is 5.19. The first-order valence-corrected chi connectivity index (χ1v) is 5.19. The molecule has 0 aromatic heterocycles. The van der Waals surface area contributed by atoms with Crippen molar-refractivity contribution in [2.45, 2.75) is 33.5 Å².